The lowest BCUT2D eigenvalue weighted by Crippen LogP contribution is -2.12. The van der Waals surface area contributed by atoms with Crippen LogP contribution in [-0.2, 0) is 12.7 Å². The first-order chi connectivity index (χ1) is 10.4. The lowest BCUT2D eigenvalue weighted by molar-refractivity contribution is -0.141. The summed E-state index contributed by atoms with van der Waals surface area (Å²) in [6, 6.07) is 8.64. The number of alkyl halides is 3. The van der Waals surface area contributed by atoms with Gasteiger partial charge in [0.05, 0.1) is 11.7 Å². The third-order valence-corrected chi connectivity index (χ3v) is 3.34. The van der Waals surface area contributed by atoms with Gasteiger partial charge in [-0.05, 0) is 36.2 Å². The topological polar surface area (TPSA) is 53.6 Å². The Balaban J connectivity index is 1.78. The Morgan fingerprint density at radius 2 is 2.00 bits per heavy atom. The molecule has 0 amide bonds. The first-order valence-corrected chi connectivity index (χ1v) is 6.64. The van der Waals surface area contributed by atoms with Gasteiger partial charge >= 0.3 is 6.18 Å². The van der Waals surface area contributed by atoms with Crippen molar-refractivity contribution in [3.63, 3.8) is 0 Å². The van der Waals surface area contributed by atoms with Crippen molar-refractivity contribution >= 4 is 16.7 Å². The standard InChI is InChI=1S/C15H13F3N4/c1-9-2-5-13(21-14(9)15(16,17)18)19-7-10-3-4-12-11(6-10)8-20-22-12/h2-6,8H,7H2,1H3,(H,19,21)(H,20,22). The van der Waals surface area contributed by atoms with Crippen molar-refractivity contribution < 1.29 is 13.2 Å². The molecule has 2 aromatic heterocycles. The Hall–Kier alpha value is -2.57. The maximum Gasteiger partial charge on any atom is 0.433 e. The molecule has 1 aromatic carbocycles. The lowest BCUT2D eigenvalue weighted by atomic mass is 10.1. The van der Waals surface area contributed by atoms with E-state index in [1.54, 1.807) is 12.3 Å². The molecule has 0 atom stereocenters. The minimum absolute atomic E-state index is 0.109. The molecule has 4 nitrogen and oxygen atoms in total. The van der Waals surface area contributed by atoms with Crippen molar-refractivity contribution in [2.24, 2.45) is 0 Å². The quantitative estimate of drug-likeness (QED) is 0.771. The number of H-pyrrole nitrogens is 1. The summed E-state index contributed by atoms with van der Waals surface area (Å²) in [6.07, 6.45) is -2.75. The van der Waals surface area contributed by atoms with E-state index in [4.69, 9.17) is 0 Å². The Morgan fingerprint density at radius 3 is 2.77 bits per heavy atom. The molecule has 0 aliphatic heterocycles. The number of pyridine rings is 1. The number of nitrogens with zero attached hydrogens (tertiary/aromatic N) is 2. The highest BCUT2D eigenvalue weighted by atomic mass is 19.4. The van der Waals surface area contributed by atoms with Gasteiger partial charge in [-0.25, -0.2) is 4.98 Å². The van der Waals surface area contributed by atoms with E-state index in [0.717, 1.165) is 16.5 Å². The molecule has 2 heterocycles. The van der Waals surface area contributed by atoms with Crippen LogP contribution in [0.15, 0.2) is 36.5 Å². The van der Waals surface area contributed by atoms with Gasteiger partial charge in [-0.15, -0.1) is 0 Å². The van der Waals surface area contributed by atoms with Crippen molar-refractivity contribution in [3.8, 4) is 0 Å². The second kappa shape index (κ2) is 5.32. The first-order valence-electron chi connectivity index (χ1n) is 6.64. The maximum atomic E-state index is 12.8. The number of aromatic amines is 1. The van der Waals surface area contributed by atoms with E-state index in [1.807, 2.05) is 18.2 Å². The summed E-state index contributed by atoms with van der Waals surface area (Å²) < 4.78 is 38.5. The fraction of sp³-hybridized carbons (Fsp3) is 0.200. The van der Waals surface area contributed by atoms with Gasteiger partial charge in [0.1, 0.15) is 11.5 Å². The van der Waals surface area contributed by atoms with Crippen LogP contribution in [0.1, 0.15) is 16.8 Å². The van der Waals surface area contributed by atoms with Crippen LogP contribution < -0.4 is 5.32 Å². The second-order valence-corrected chi connectivity index (χ2v) is 5.00. The molecule has 22 heavy (non-hydrogen) atoms. The number of aryl methyl sites for hydroxylation is 1. The zero-order valence-corrected chi connectivity index (χ0v) is 11.7. The van der Waals surface area contributed by atoms with Crippen molar-refractivity contribution in [2.45, 2.75) is 19.6 Å². The summed E-state index contributed by atoms with van der Waals surface area (Å²) in [5.74, 6) is 0.199. The first kappa shape index (κ1) is 14.4. The number of rotatable bonds is 3. The van der Waals surface area contributed by atoms with Crippen LogP contribution in [0, 0.1) is 6.92 Å². The van der Waals surface area contributed by atoms with Crippen molar-refractivity contribution in [1.82, 2.24) is 15.2 Å². The van der Waals surface area contributed by atoms with Crippen molar-refractivity contribution in [1.29, 1.82) is 0 Å². The number of aromatic nitrogens is 3. The maximum absolute atomic E-state index is 12.8. The Kier molecular flexibility index (Phi) is 3.48. The molecular weight excluding hydrogens is 293 g/mol. The van der Waals surface area contributed by atoms with Crippen LogP contribution in [0.4, 0.5) is 19.0 Å². The number of nitrogens with one attached hydrogen (secondary N) is 2. The summed E-state index contributed by atoms with van der Waals surface area (Å²) in [5.41, 5.74) is 1.10. The van der Waals surface area contributed by atoms with E-state index in [2.05, 4.69) is 20.5 Å². The summed E-state index contributed by atoms with van der Waals surface area (Å²) in [5, 5.41) is 10.6. The zero-order chi connectivity index (χ0) is 15.7. The molecule has 0 spiro atoms. The highest BCUT2D eigenvalue weighted by molar-refractivity contribution is 5.78. The molecule has 114 valence electrons. The van der Waals surface area contributed by atoms with E-state index in [1.165, 1.54) is 13.0 Å². The Bertz CT molecular complexity index is 808. The van der Waals surface area contributed by atoms with E-state index >= 15 is 0 Å². The Labute approximate surface area is 124 Å². The number of hydrogen-bond acceptors (Lipinski definition) is 3. The van der Waals surface area contributed by atoms with Gasteiger partial charge in [0.2, 0.25) is 0 Å². The van der Waals surface area contributed by atoms with E-state index in [-0.39, 0.29) is 11.4 Å². The highest BCUT2D eigenvalue weighted by Gasteiger charge is 2.34. The minimum atomic E-state index is -4.45. The third-order valence-electron chi connectivity index (χ3n) is 3.34. The summed E-state index contributed by atoms with van der Waals surface area (Å²) in [7, 11) is 0. The molecule has 3 rings (SSSR count). The van der Waals surface area contributed by atoms with Gasteiger partial charge < -0.3 is 5.32 Å². The molecule has 0 bridgehead atoms. The smallest absolute Gasteiger partial charge is 0.366 e. The van der Waals surface area contributed by atoms with E-state index < -0.39 is 11.9 Å². The molecule has 7 heteroatoms. The molecule has 0 unspecified atom stereocenters. The number of anilines is 1. The number of halogens is 3. The van der Waals surface area contributed by atoms with Crippen LogP contribution in [-0.4, -0.2) is 15.2 Å². The van der Waals surface area contributed by atoms with Crippen LogP contribution in [0.2, 0.25) is 0 Å². The molecule has 0 aliphatic rings. The monoisotopic (exact) mass is 306 g/mol. The fourth-order valence-corrected chi connectivity index (χ4v) is 2.21. The summed E-state index contributed by atoms with van der Waals surface area (Å²) in [4.78, 5) is 3.66. The lowest BCUT2D eigenvalue weighted by Gasteiger charge is -2.12. The SMILES string of the molecule is Cc1ccc(NCc2ccc3[nH]ncc3c2)nc1C(F)(F)F. The predicted molar refractivity (Wildman–Crippen MR) is 77.4 cm³/mol. The number of fused-ring (bicyclic) bond motifs is 1. The summed E-state index contributed by atoms with van der Waals surface area (Å²) >= 11 is 0. The Morgan fingerprint density at radius 1 is 1.18 bits per heavy atom. The van der Waals surface area contributed by atoms with Gasteiger partial charge in [0.15, 0.2) is 0 Å². The molecule has 0 aliphatic carbocycles. The fourth-order valence-electron chi connectivity index (χ4n) is 2.21. The van der Waals surface area contributed by atoms with Gasteiger partial charge in [-0.3, -0.25) is 5.10 Å². The van der Waals surface area contributed by atoms with Gasteiger partial charge in [-0.2, -0.15) is 18.3 Å². The second-order valence-electron chi connectivity index (χ2n) is 5.00. The zero-order valence-electron chi connectivity index (χ0n) is 11.7. The minimum Gasteiger partial charge on any atom is -0.366 e. The molecule has 2 N–H and O–H groups in total. The van der Waals surface area contributed by atoms with Crippen LogP contribution in [0.25, 0.3) is 10.9 Å². The van der Waals surface area contributed by atoms with E-state index in [0.29, 0.717) is 6.54 Å². The molecule has 3 aromatic rings. The average Bonchev–Trinajstić information content (AvgIpc) is 2.92. The highest BCUT2D eigenvalue weighted by Crippen LogP contribution is 2.31. The molecule has 0 saturated heterocycles. The molecule has 0 radical (unpaired) electrons. The molecular formula is C15H13F3N4. The van der Waals surface area contributed by atoms with Crippen LogP contribution >= 0.6 is 0 Å². The van der Waals surface area contributed by atoms with Gasteiger partial charge in [0, 0.05) is 11.9 Å². The predicted octanol–water partition coefficient (Wildman–Crippen LogP) is 3.90. The van der Waals surface area contributed by atoms with Crippen molar-refractivity contribution in [2.75, 3.05) is 5.32 Å². The van der Waals surface area contributed by atoms with Crippen molar-refractivity contribution in [3.05, 3.63) is 53.3 Å². The van der Waals surface area contributed by atoms with E-state index in [9.17, 15) is 13.2 Å². The van der Waals surface area contributed by atoms with Gasteiger partial charge in [0.25, 0.3) is 0 Å². The van der Waals surface area contributed by atoms with Crippen LogP contribution in [0.3, 0.4) is 0 Å². The largest absolute Gasteiger partial charge is 0.433 e. The average molecular weight is 306 g/mol. The van der Waals surface area contributed by atoms with Gasteiger partial charge in [-0.1, -0.05) is 12.1 Å². The number of benzene rings is 1. The summed E-state index contributed by atoms with van der Waals surface area (Å²) in [6.45, 7) is 1.78. The third kappa shape index (κ3) is 2.88. The number of hydrogen-bond donors (Lipinski definition) is 2. The molecule has 0 fully saturated rings. The molecule has 0 saturated carbocycles. The normalized spacial score (nSPS) is 11.8. The van der Waals surface area contributed by atoms with Crippen LogP contribution in [0.5, 0.6) is 0 Å².